The fraction of sp³-hybridized carbons (Fsp3) is 0.235. The van der Waals surface area contributed by atoms with E-state index < -0.39 is 9.84 Å². The summed E-state index contributed by atoms with van der Waals surface area (Å²) in [6, 6.07) is 8.16. The van der Waals surface area contributed by atoms with E-state index >= 15 is 0 Å². The number of nitrogens with zero attached hydrogens (tertiary/aromatic N) is 3. The van der Waals surface area contributed by atoms with Crippen LogP contribution in [-0.4, -0.2) is 45.9 Å². The highest BCUT2D eigenvalue weighted by Gasteiger charge is 2.27. The van der Waals surface area contributed by atoms with E-state index in [4.69, 9.17) is 0 Å². The van der Waals surface area contributed by atoms with Crippen molar-refractivity contribution in [3.8, 4) is 0 Å². The third kappa shape index (κ3) is 2.97. The first-order valence-electron chi connectivity index (χ1n) is 8.54. The summed E-state index contributed by atoms with van der Waals surface area (Å²) in [6.45, 7) is 0. The summed E-state index contributed by atoms with van der Waals surface area (Å²) in [6.07, 6.45) is 5.08. The van der Waals surface area contributed by atoms with Gasteiger partial charge in [-0.25, -0.2) is 8.42 Å². The van der Waals surface area contributed by atoms with Crippen LogP contribution in [0.2, 0.25) is 0 Å². The topological polar surface area (TPSA) is 128 Å². The van der Waals surface area contributed by atoms with Crippen molar-refractivity contribution in [2.24, 2.45) is 0 Å². The number of H-pyrrole nitrogens is 2. The molecule has 0 radical (unpaired) electrons. The molecule has 4 N–H and O–H groups in total. The van der Waals surface area contributed by atoms with Crippen LogP contribution < -0.4 is 10.6 Å². The molecule has 0 amide bonds. The van der Waals surface area contributed by atoms with Crippen molar-refractivity contribution >= 4 is 49.2 Å². The zero-order valence-electron chi connectivity index (χ0n) is 14.4. The molecular formula is C17H17N7O2S. The Morgan fingerprint density at radius 1 is 1.19 bits per heavy atom. The molecule has 138 valence electrons. The average Bonchev–Trinajstić information content (AvgIpc) is 3.13. The van der Waals surface area contributed by atoms with Crippen LogP contribution in [0, 0.1) is 0 Å². The largest absolute Gasteiger partial charge is 0.367 e. The maximum Gasteiger partial charge on any atom is 0.231 e. The van der Waals surface area contributed by atoms with Crippen molar-refractivity contribution in [3.05, 3.63) is 30.5 Å². The minimum Gasteiger partial charge on any atom is -0.367 e. The normalized spacial score (nSPS) is 14.7. The molecule has 0 spiro atoms. The van der Waals surface area contributed by atoms with Crippen LogP contribution in [0.15, 0.2) is 35.5 Å². The van der Waals surface area contributed by atoms with Crippen LogP contribution in [0.3, 0.4) is 0 Å². The lowest BCUT2D eigenvalue weighted by molar-refractivity contribution is 0.598. The van der Waals surface area contributed by atoms with Gasteiger partial charge in [0.2, 0.25) is 5.95 Å². The molecule has 3 aromatic heterocycles. The Morgan fingerprint density at radius 2 is 2.04 bits per heavy atom. The molecule has 1 aliphatic carbocycles. The van der Waals surface area contributed by atoms with Crippen LogP contribution in [0.1, 0.15) is 12.8 Å². The predicted molar refractivity (Wildman–Crippen MR) is 103 cm³/mol. The maximum atomic E-state index is 12.1. The summed E-state index contributed by atoms with van der Waals surface area (Å²) in [5, 5.41) is 14.6. The number of nitrogens with one attached hydrogen (secondary N) is 4. The van der Waals surface area contributed by atoms with E-state index in [2.05, 4.69) is 35.8 Å². The lowest BCUT2D eigenvalue weighted by Gasteiger charge is -2.10. The van der Waals surface area contributed by atoms with Gasteiger partial charge in [-0.15, -0.1) is 0 Å². The van der Waals surface area contributed by atoms with Gasteiger partial charge >= 0.3 is 0 Å². The molecule has 0 saturated heterocycles. The molecule has 10 heteroatoms. The fourth-order valence-electron chi connectivity index (χ4n) is 3.01. The Hall–Kier alpha value is -3.14. The zero-order valence-corrected chi connectivity index (χ0v) is 15.3. The Kier molecular flexibility index (Phi) is 3.38. The SMILES string of the molecule is CS(=O)(=O)c1[nH]nc2nc(Nc3ccc4[nH]ccc4c3)nc(NC3CC3)c12. The van der Waals surface area contributed by atoms with E-state index in [1.54, 1.807) is 0 Å². The molecule has 0 aliphatic heterocycles. The number of benzene rings is 1. The first kappa shape index (κ1) is 16.1. The summed E-state index contributed by atoms with van der Waals surface area (Å²) < 4.78 is 24.1. The van der Waals surface area contributed by atoms with Crippen molar-refractivity contribution in [2.75, 3.05) is 16.9 Å². The lowest BCUT2D eigenvalue weighted by Crippen LogP contribution is -2.08. The van der Waals surface area contributed by atoms with Gasteiger partial charge in [-0.2, -0.15) is 15.1 Å². The second-order valence-electron chi connectivity index (χ2n) is 6.74. The van der Waals surface area contributed by atoms with E-state index in [1.165, 1.54) is 0 Å². The van der Waals surface area contributed by atoms with Crippen molar-refractivity contribution in [2.45, 2.75) is 23.9 Å². The summed E-state index contributed by atoms with van der Waals surface area (Å²) in [5.41, 5.74) is 2.18. The van der Waals surface area contributed by atoms with Crippen molar-refractivity contribution in [1.82, 2.24) is 25.1 Å². The summed E-state index contributed by atoms with van der Waals surface area (Å²) in [5.74, 6) is 0.828. The van der Waals surface area contributed by atoms with Gasteiger partial charge in [0.1, 0.15) is 11.2 Å². The second-order valence-corrected chi connectivity index (χ2v) is 8.70. The Labute approximate surface area is 154 Å². The Morgan fingerprint density at radius 3 is 2.81 bits per heavy atom. The number of aromatic amines is 2. The molecule has 9 nitrogen and oxygen atoms in total. The number of aromatic nitrogens is 5. The molecule has 1 aromatic carbocycles. The van der Waals surface area contributed by atoms with E-state index in [0.29, 0.717) is 28.8 Å². The summed E-state index contributed by atoms with van der Waals surface area (Å²) >= 11 is 0. The molecule has 0 bridgehead atoms. The molecule has 27 heavy (non-hydrogen) atoms. The summed E-state index contributed by atoms with van der Waals surface area (Å²) in [4.78, 5) is 12.1. The van der Waals surface area contributed by atoms with Crippen LogP contribution >= 0.6 is 0 Å². The van der Waals surface area contributed by atoms with Crippen LogP contribution in [0.25, 0.3) is 21.9 Å². The highest BCUT2D eigenvalue weighted by Crippen LogP contribution is 2.32. The molecule has 0 atom stereocenters. The highest BCUT2D eigenvalue weighted by molar-refractivity contribution is 7.90. The molecule has 1 saturated carbocycles. The van der Waals surface area contributed by atoms with E-state index in [-0.39, 0.29) is 5.03 Å². The van der Waals surface area contributed by atoms with Gasteiger partial charge in [0.15, 0.2) is 20.5 Å². The third-order valence-corrected chi connectivity index (χ3v) is 5.52. The van der Waals surface area contributed by atoms with E-state index in [9.17, 15) is 8.42 Å². The van der Waals surface area contributed by atoms with Gasteiger partial charge in [-0.1, -0.05) is 0 Å². The number of anilines is 3. The summed E-state index contributed by atoms with van der Waals surface area (Å²) in [7, 11) is -3.48. The number of hydrogen-bond donors (Lipinski definition) is 4. The molecule has 4 aromatic rings. The molecule has 5 rings (SSSR count). The van der Waals surface area contributed by atoms with Crippen LogP contribution in [0.5, 0.6) is 0 Å². The van der Waals surface area contributed by atoms with Crippen molar-refractivity contribution < 1.29 is 8.42 Å². The van der Waals surface area contributed by atoms with Gasteiger partial charge in [-0.3, -0.25) is 5.10 Å². The molecule has 1 aliphatic rings. The number of rotatable bonds is 5. The smallest absolute Gasteiger partial charge is 0.231 e. The van der Waals surface area contributed by atoms with Gasteiger partial charge in [0, 0.05) is 35.1 Å². The molecule has 0 unspecified atom stereocenters. The zero-order chi connectivity index (χ0) is 18.6. The predicted octanol–water partition coefficient (Wildman–Crippen LogP) is 2.56. The van der Waals surface area contributed by atoms with Crippen LogP contribution in [-0.2, 0) is 9.84 Å². The quantitative estimate of drug-likeness (QED) is 0.417. The minimum atomic E-state index is -3.48. The highest BCUT2D eigenvalue weighted by atomic mass is 32.2. The van der Waals surface area contributed by atoms with Gasteiger partial charge in [0.05, 0.1) is 0 Å². The van der Waals surface area contributed by atoms with Crippen molar-refractivity contribution in [1.29, 1.82) is 0 Å². The van der Waals surface area contributed by atoms with Gasteiger partial charge < -0.3 is 15.6 Å². The Balaban J connectivity index is 1.60. The van der Waals surface area contributed by atoms with Crippen LogP contribution in [0.4, 0.5) is 17.5 Å². The van der Waals surface area contributed by atoms with Gasteiger partial charge in [-0.05, 0) is 37.1 Å². The van der Waals surface area contributed by atoms with E-state index in [1.807, 2.05) is 30.5 Å². The maximum absolute atomic E-state index is 12.1. The number of fused-ring (bicyclic) bond motifs is 2. The van der Waals surface area contributed by atoms with Gasteiger partial charge in [0.25, 0.3) is 0 Å². The second kappa shape index (κ2) is 5.68. The number of hydrogen-bond acceptors (Lipinski definition) is 7. The lowest BCUT2D eigenvalue weighted by atomic mass is 10.2. The fourth-order valence-corrected chi connectivity index (χ4v) is 3.78. The van der Waals surface area contributed by atoms with E-state index in [0.717, 1.165) is 35.7 Å². The number of sulfone groups is 1. The first-order valence-corrected chi connectivity index (χ1v) is 10.4. The van der Waals surface area contributed by atoms with Crippen molar-refractivity contribution in [3.63, 3.8) is 0 Å². The molecule has 1 fully saturated rings. The standard InChI is InChI=1S/C17H17N7O2S/c1-27(25,26)16-13-14(19-10-2-3-10)21-17(22-15(13)23-24-16)20-11-4-5-12-9(8-11)6-7-18-12/h4-8,10,18H,2-3H2,1H3,(H3,19,20,21,22,23,24). The molecular weight excluding hydrogens is 366 g/mol. The molecule has 3 heterocycles. The first-order chi connectivity index (χ1) is 13.0. The monoisotopic (exact) mass is 383 g/mol. The third-order valence-electron chi connectivity index (χ3n) is 4.48. The average molecular weight is 383 g/mol. The Bertz CT molecular complexity index is 1270. The minimum absolute atomic E-state index is 0.0287.